The third kappa shape index (κ3) is 15.9. The number of hydrazine groups is 1. The average Bonchev–Trinajstić information content (AvgIpc) is 0.743. The number of anilines is 6. The predicted molar refractivity (Wildman–Crippen MR) is 415 cm³/mol. The highest BCUT2D eigenvalue weighted by atomic mass is 16.5. The number of nitrogens with zero attached hydrogens (tertiary/aromatic N) is 18. The molecule has 606 valence electrons. The fourth-order valence-corrected chi connectivity index (χ4v) is 23.2. The first-order chi connectivity index (χ1) is 47.6. The van der Waals surface area contributed by atoms with Crippen molar-refractivity contribution in [3.05, 3.63) is 0 Å². The molecular formula is C78H146N20O8. The first kappa shape index (κ1) is 84.6. The zero-order valence-electron chi connectivity index (χ0n) is 71.6. The second kappa shape index (κ2) is 26.9. The van der Waals surface area contributed by atoms with Crippen molar-refractivity contribution in [2.45, 2.75) is 461 Å². The van der Waals surface area contributed by atoms with Gasteiger partial charge in [0.15, 0.2) is 0 Å². The van der Waals surface area contributed by atoms with Crippen molar-refractivity contribution in [1.82, 2.24) is 70.4 Å². The molecule has 10 N–H and O–H groups in total. The fourth-order valence-electron chi connectivity index (χ4n) is 23.2. The number of hydroxylamine groups is 16. The Kier molecular flexibility index (Phi) is 21.5. The molecular weight excluding hydrogens is 1340 g/mol. The Morgan fingerprint density at radius 1 is 0.198 bits per heavy atom. The van der Waals surface area contributed by atoms with Gasteiger partial charge in [0.2, 0.25) is 35.7 Å². The number of nitrogens with one attached hydrogen (secondary N) is 2. The molecule has 10 heterocycles. The van der Waals surface area contributed by atoms with Crippen molar-refractivity contribution in [3.8, 4) is 0 Å². The Morgan fingerprint density at radius 2 is 0.292 bits per heavy atom. The van der Waals surface area contributed by atoms with Gasteiger partial charge in [-0.15, -0.1) is 0 Å². The van der Waals surface area contributed by atoms with Crippen LogP contribution < -0.4 is 30.5 Å². The van der Waals surface area contributed by atoms with E-state index in [0.29, 0.717) is 127 Å². The molecule has 0 spiro atoms. The van der Waals surface area contributed by atoms with Crippen molar-refractivity contribution in [2.75, 3.05) is 30.5 Å². The summed E-state index contributed by atoms with van der Waals surface area (Å²) >= 11 is 0. The van der Waals surface area contributed by atoms with Crippen LogP contribution in [0.4, 0.5) is 35.7 Å². The first-order valence-corrected chi connectivity index (χ1v) is 39.8. The molecule has 106 heavy (non-hydrogen) atoms. The van der Waals surface area contributed by atoms with Crippen LogP contribution in [0.2, 0.25) is 0 Å². The highest BCUT2D eigenvalue weighted by Gasteiger charge is 2.59. The van der Waals surface area contributed by atoms with Crippen molar-refractivity contribution in [1.29, 1.82) is 0 Å². The summed E-state index contributed by atoms with van der Waals surface area (Å²) in [6.07, 6.45) is 8.54. The van der Waals surface area contributed by atoms with E-state index >= 15 is 0 Å². The van der Waals surface area contributed by atoms with E-state index in [1.165, 1.54) is 40.5 Å². The van der Waals surface area contributed by atoms with E-state index in [0.717, 1.165) is 0 Å². The minimum absolute atomic E-state index is 0.162. The Labute approximate surface area is 636 Å². The maximum Gasteiger partial charge on any atom is 0.248 e. The zero-order valence-corrected chi connectivity index (χ0v) is 71.6. The number of hydrogen-bond acceptors (Lipinski definition) is 28. The maximum absolute atomic E-state index is 12.1. The van der Waals surface area contributed by atoms with Crippen LogP contribution in [0.5, 0.6) is 0 Å². The van der Waals surface area contributed by atoms with Crippen molar-refractivity contribution < 1.29 is 41.7 Å². The van der Waals surface area contributed by atoms with Crippen LogP contribution in [0.15, 0.2) is 0 Å². The lowest BCUT2D eigenvalue weighted by Gasteiger charge is -2.59. The van der Waals surface area contributed by atoms with Crippen LogP contribution in [-0.4, -0.2) is 249 Å². The SMILES string of the molecule is CC1(C)CC(N(c2nc(NNc3nc(N(C4CC(C)(C)N(O)C(C)(C)C4)C4CC(C)(C)N(O)C(C)(C)C4)nc(N(C4CC(C)(C)N(O)C(C)(C)C4)C4CC(C)(C)N(O)C(C)(C)C4)n3)nc(N(C3CC(C)(C)N(O)C(C)(C)C3)C3CC(C)(C)N(O)C(C)(C)C3)n2)C2CC(C)(C)N(O)C(C)(C)C2)CC(C)(C)N1O. The summed E-state index contributed by atoms with van der Waals surface area (Å²) in [6, 6.07) is -2.02. The maximum atomic E-state index is 12.1. The van der Waals surface area contributed by atoms with Crippen LogP contribution in [0, 0.1) is 0 Å². The molecule has 0 unspecified atom stereocenters. The third-order valence-corrected chi connectivity index (χ3v) is 26.5. The predicted octanol–water partition coefficient (Wildman–Crippen LogP) is 14.0. The minimum atomic E-state index is -0.707. The molecule has 10 rings (SSSR count). The zero-order chi connectivity index (χ0) is 80.0. The van der Waals surface area contributed by atoms with Crippen molar-refractivity contribution in [2.24, 2.45) is 0 Å². The molecule has 2 aromatic rings. The lowest BCUT2D eigenvalue weighted by molar-refractivity contribution is -0.251. The van der Waals surface area contributed by atoms with E-state index in [1.54, 1.807) is 0 Å². The summed E-state index contributed by atoms with van der Waals surface area (Å²) in [5, 5.41) is 109. The van der Waals surface area contributed by atoms with Crippen molar-refractivity contribution >= 4 is 35.7 Å². The van der Waals surface area contributed by atoms with E-state index in [-0.39, 0.29) is 60.2 Å². The van der Waals surface area contributed by atoms with Gasteiger partial charge in [-0.25, -0.2) is 0 Å². The highest BCUT2D eigenvalue weighted by molar-refractivity contribution is 5.54. The summed E-state index contributed by atoms with van der Waals surface area (Å²) in [5.74, 6) is 1.93. The number of rotatable bonds is 15. The lowest BCUT2D eigenvalue weighted by Crippen LogP contribution is -2.68. The molecule has 28 heteroatoms. The third-order valence-electron chi connectivity index (χ3n) is 26.5. The molecule has 28 nitrogen and oxygen atoms in total. The molecule has 8 fully saturated rings. The summed E-state index contributed by atoms with van der Waals surface area (Å²) in [7, 11) is 0. The Balaban J connectivity index is 1.26. The normalized spacial score (nSPS) is 29.7. The number of piperidine rings is 8. The Bertz CT molecular complexity index is 2750. The van der Waals surface area contributed by atoms with E-state index < -0.39 is 88.6 Å². The molecule has 8 aliphatic heterocycles. The summed E-state index contributed by atoms with van der Waals surface area (Å²) in [6.45, 7) is 66.6. The second-order valence-electron chi connectivity index (χ2n) is 44.4. The van der Waals surface area contributed by atoms with E-state index in [9.17, 15) is 41.7 Å². The smallest absolute Gasteiger partial charge is 0.248 e. The monoisotopic (exact) mass is 1490 g/mol. The number of hydrogen-bond donors (Lipinski definition) is 10. The molecule has 8 saturated heterocycles. The van der Waals surface area contributed by atoms with Gasteiger partial charge in [-0.1, -0.05) is 0 Å². The standard InChI is InChI=1S/C78H146N20O8/c1-63(2)33-49(34-64(3,4)91(63)99)87(50-35-65(5,6)92(100)66(7,8)36-50)59-79-57(80-60(83-59)88(51-37-67(9,10)93(101)68(11,12)38-51)52-39-69(13,14)94(102)70(15,16)40-52)85-86-58-81-61(89(53-41-71(17,18)95(103)72(19,20)42-53)54-43-73(21,22)96(104)74(23,24)44-54)84-62(82-58)90(55-45-75(25,26)97(105)76(27,28)46-55)56-47-77(29,30)98(106)78(31,32)48-56/h49-56,99-106H,33-48H2,1-32H3,(H,79,80,83,85)(H,81,82,84,86). The lowest BCUT2D eigenvalue weighted by atomic mass is 9.74. The average molecular weight is 1490 g/mol. The van der Waals surface area contributed by atoms with Crippen LogP contribution in [0.25, 0.3) is 0 Å². The van der Waals surface area contributed by atoms with Gasteiger partial charge in [0, 0.05) is 137 Å². The molecule has 0 saturated carbocycles. The molecule has 0 aromatic carbocycles. The van der Waals surface area contributed by atoms with Gasteiger partial charge in [-0.3, -0.25) is 10.9 Å². The topological polar surface area (TPSA) is 302 Å². The molecule has 0 atom stereocenters. The summed E-state index contributed by atoms with van der Waals surface area (Å²) < 4.78 is 0. The van der Waals surface area contributed by atoms with E-state index in [2.05, 4.69) is 252 Å². The first-order valence-electron chi connectivity index (χ1n) is 39.8. The van der Waals surface area contributed by atoms with Crippen LogP contribution in [0.1, 0.15) is 324 Å². The van der Waals surface area contributed by atoms with E-state index in [4.69, 9.17) is 29.9 Å². The largest absolute Gasteiger partial charge is 0.334 e. The van der Waals surface area contributed by atoms with E-state index in [1.807, 2.05) is 0 Å². The molecule has 2 aromatic heterocycles. The molecule has 0 bridgehead atoms. The highest BCUT2D eigenvalue weighted by Crippen LogP contribution is 2.52. The molecule has 0 amide bonds. The van der Waals surface area contributed by atoms with Crippen molar-refractivity contribution in [3.63, 3.8) is 0 Å². The quantitative estimate of drug-likeness (QED) is 0.0741. The van der Waals surface area contributed by atoms with Gasteiger partial charge in [0.05, 0.1) is 0 Å². The van der Waals surface area contributed by atoms with Gasteiger partial charge in [-0.2, -0.15) is 70.4 Å². The Morgan fingerprint density at radius 3 is 0.387 bits per heavy atom. The molecule has 0 radical (unpaired) electrons. The van der Waals surface area contributed by atoms with Gasteiger partial charge in [-0.05, 0) is 324 Å². The summed E-state index contributed by atoms with van der Waals surface area (Å²) in [5.41, 5.74) is -4.13. The van der Waals surface area contributed by atoms with Gasteiger partial charge >= 0.3 is 0 Å². The van der Waals surface area contributed by atoms with Gasteiger partial charge in [0.25, 0.3) is 0 Å². The fraction of sp³-hybridized carbons (Fsp3) is 0.923. The Hall–Kier alpha value is -3.82. The van der Waals surface area contributed by atoms with Crippen LogP contribution in [-0.2, 0) is 0 Å². The minimum Gasteiger partial charge on any atom is -0.334 e. The number of aromatic nitrogens is 6. The van der Waals surface area contributed by atoms with Gasteiger partial charge < -0.3 is 61.3 Å². The van der Waals surface area contributed by atoms with Crippen LogP contribution >= 0.6 is 0 Å². The second-order valence-corrected chi connectivity index (χ2v) is 44.4. The molecule has 0 aliphatic carbocycles. The van der Waals surface area contributed by atoms with Gasteiger partial charge in [0.1, 0.15) is 0 Å². The molecule has 8 aliphatic rings. The summed E-state index contributed by atoms with van der Waals surface area (Å²) in [4.78, 5) is 43.9. The van der Waals surface area contributed by atoms with Crippen LogP contribution in [0.3, 0.4) is 0 Å².